The second-order valence-corrected chi connectivity index (χ2v) is 6.69. The summed E-state index contributed by atoms with van der Waals surface area (Å²) in [4.78, 5) is -0.251. The van der Waals surface area contributed by atoms with Crippen molar-refractivity contribution in [3.63, 3.8) is 0 Å². The molecule has 0 saturated carbocycles. The average molecular weight is 291 g/mol. The summed E-state index contributed by atoms with van der Waals surface area (Å²) in [6.45, 7) is 0.681. The highest BCUT2D eigenvalue weighted by Gasteiger charge is 2.29. The molecule has 0 atom stereocenters. The minimum atomic E-state index is -3.78. The highest BCUT2D eigenvalue weighted by atomic mass is 32.2. The summed E-state index contributed by atoms with van der Waals surface area (Å²) >= 11 is 0. The Balaban J connectivity index is 1.97. The summed E-state index contributed by atoms with van der Waals surface area (Å²) in [6, 6.07) is 13.3. The molecule has 20 heavy (non-hydrogen) atoms. The topological polar surface area (TPSA) is 37.4 Å². The Morgan fingerprint density at radius 2 is 1.60 bits per heavy atom. The summed E-state index contributed by atoms with van der Waals surface area (Å²) < 4.78 is 40.1. The standard InChI is InChI=1S/C15H14FNO2S/c16-14-7-3-4-8-15(14)20(18,19)17-10-9-12-5-1-2-6-13(12)11-17/h1-8H,9-11H2. The predicted molar refractivity (Wildman–Crippen MR) is 74.1 cm³/mol. The molecule has 2 aromatic rings. The van der Waals surface area contributed by atoms with Crippen LogP contribution in [0.3, 0.4) is 0 Å². The van der Waals surface area contributed by atoms with Gasteiger partial charge in [-0.25, -0.2) is 12.8 Å². The first-order chi connectivity index (χ1) is 9.59. The summed E-state index contributed by atoms with van der Waals surface area (Å²) in [5.41, 5.74) is 2.14. The first kappa shape index (κ1) is 13.3. The number of fused-ring (bicyclic) bond motifs is 1. The molecule has 0 N–H and O–H groups in total. The van der Waals surface area contributed by atoms with Crippen LogP contribution in [0.25, 0.3) is 0 Å². The normalized spacial score (nSPS) is 15.8. The van der Waals surface area contributed by atoms with Crippen molar-refractivity contribution < 1.29 is 12.8 Å². The first-order valence-electron chi connectivity index (χ1n) is 6.40. The largest absolute Gasteiger partial charge is 0.246 e. The van der Waals surface area contributed by atoms with Gasteiger partial charge in [-0.15, -0.1) is 0 Å². The van der Waals surface area contributed by atoms with Crippen molar-refractivity contribution in [1.29, 1.82) is 0 Å². The monoisotopic (exact) mass is 291 g/mol. The van der Waals surface area contributed by atoms with E-state index in [0.29, 0.717) is 19.5 Å². The molecule has 0 unspecified atom stereocenters. The lowest BCUT2D eigenvalue weighted by atomic mass is 10.0. The first-order valence-corrected chi connectivity index (χ1v) is 7.84. The van der Waals surface area contributed by atoms with Crippen LogP contribution in [0.4, 0.5) is 4.39 Å². The molecule has 2 aromatic carbocycles. The molecule has 0 radical (unpaired) electrons. The molecular formula is C15H14FNO2S. The third-order valence-corrected chi connectivity index (χ3v) is 5.43. The maximum atomic E-state index is 13.7. The van der Waals surface area contributed by atoms with E-state index in [9.17, 15) is 12.8 Å². The molecule has 1 heterocycles. The number of benzene rings is 2. The molecule has 0 aromatic heterocycles. The summed E-state index contributed by atoms with van der Waals surface area (Å²) in [5.74, 6) is -0.702. The van der Waals surface area contributed by atoms with Crippen LogP contribution in [0.1, 0.15) is 11.1 Å². The lowest BCUT2D eigenvalue weighted by Gasteiger charge is -2.28. The van der Waals surface area contributed by atoms with Crippen LogP contribution in [0, 0.1) is 5.82 Å². The second-order valence-electron chi connectivity index (χ2n) is 4.79. The van der Waals surface area contributed by atoms with E-state index < -0.39 is 15.8 Å². The second kappa shape index (κ2) is 5.00. The molecule has 0 aliphatic carbocycles. The van der Waals surface area contributed by atoms with Crippen LogP contribution in [0.5, 0.6) is 0 Å². The molecule has 3 rings (SSSR count). The van der Waals surface area contributed by atoms with E-state index in [-0.39, 0.29) is 4.90 Å². The molecule has 104 valence electrons. The SMILES string of the molecule is O=S(=O)(c1ccccc1F)N1CCc2ccccc2C1. The van der Waals surface area contributed by atoms with Gasteiger partial charge in [0.15, 0.2) is 0 Å². The summed E-state index contributed by atoms with van der Waals surface area (Å²) in [6.07, 6.45) is 0.657. The van der Waals surface area contributed by atoms with Crippen molar-refractivity contribution in [2.75, 3.05) is 6.54 Å². The molecule has 0 spiro atoms. The van der Waals surface area contributed by atoms with Crippen LogP contribution in [0.2, 0.25) is 0 Å². The van der Waals surface area contributed by atoms with E-state index in [1.807, 2.05) is 24.3 Å². The van der Waals surface area contributed by atoms with E-state index in [1.165, 1.54) is 28.6 Å². The fourth-order valence-electron chi connectivity index (χ4n) is 2.47. The van der Waals surface area contributed by atoms with Gasteiger partial charge in [-0.3, -0.25) is 0 Å². The van der Waals surface area contributed by atoms with Gasteiger partial charge >= 0.3 is 0 Å². The van der Waals surface area contributed by atoms with Crippen molar-refractivity contribution in [1.82, 2.24) is 4.31 Å². The molecule has 5 heteroatoms. The van der Waals surface area contributed by atoms with Gasteiger partial charge in [-0.05, 0) is 29.7 Å². The van der Waals surface area contributed by atoms with Gasteiger partial charge in [-0.1, -0.05) is 36.4 Å². The third-order valence-electron chi connectivity index (χ3n) is 3.55. The van der Waals surface area contributed by atoms with E-state index in [0.717, 1.165) is 11.1 Å². The van der Waals surface area contributed by atoms with Crippen molar-refractivity contribution in [3.05, 3.63) is 65.5 Å². The van der Waals surface area contributed by atoms with Gasteiger partial charge in [0.25, 0.3) is 0 Å². The number of hydrogen-bond donors (Lipinski definition) is 0. The lowest BCUT2D eigenvalue weighted by molar-refractivity contribution is 0.388. The maximum Gasteiger partial charge on any atom is 0.246 e. The Kier molecular flexibility index (Phi) is 3.31. The fraction of sp³-hybridized carbons (Fsp3) is 0.200. The van der Waals surface area contributed by atoms with Gasteiger partial charge in [-0.2, -0.15) is 4.31 Å². The minimum Gasteiger partial charge on any atom is -0.207 e. The molecule has 0 bridgehead atoms. The van der Waals surface area contributed by atoms with Gasteiger partial charge in [0.1, 0.15) is 10.7 Å². The number of halogens is 1. The van der Waals surface area contributed by atoms with E-state index in [2.05, 4.69) is 0 Å². The van der Waals surface area contributed by atoms with E-state index in [1.54, 1.807) is 0 Å². The third kappa shape index (κ3) is 2.23. The Hall–Kier alpha value is -1.72. The summed E-state index contributed by atoms with van der Waals surface area (Å²) in [7, 11) is -3.78. The number of hydrogen-bond acceptors (Lipinski definition) is 2. The van der Waals surface area contributed by atoms with E-state index >= 15 is 0 Å². The lowest BCUT2D eigenvalue weighted by Crippen LogP contribution is -2.36. The van der Waals surface area contributed by atoms with Crippen molar-refractivity contribution >= 4 is 10.0 Å². The zero-order valence-corrected chi connectivity index (χ0v) is 11.6. The van der Waals surface area contributed by atoms with Crippen LogP contribution >= 0.6 is 0 Å². The van der Waals surface area contributed by atoms with Crippen molar-refractivity contribution in [2.45, 2.75) is 17.9 Å². The maximum absolute atomic E-state index is 13.7. The van der Waals surface area contributed by atoms with Crippen LogP contribution in [-0.4, -0.2) is 19.3 Å². The predicted octanol–water partition coefficient (Wildman–Crippen LogP) is 2.57. The average Bonchev–Trinajstić information content (AvgIpc) is 2.47. The number of nitrogens with zero attached hydrogens (tertiary/aromatic N) is 1. The Bertz CT molecular complexity index is 743. The summed E-state index contributed by atoms with van der Waals surface area (Å²) in [5, 5.41) is 0. The molecule has 0 saturated heterocycles. The Labute approximate surface area is 117 Å². The Morgan fingerprint density at radius 3 is 2.35 bits per heavy atom. The molecule has 3 nitrogen and oxygen atoms in total. The quantitative estimate of drug-likeness (QED) is 0.853. The molecule has 0 amide bonds. The fourth-order valence-corrected chi connectivity index (χ4v) is 3.95. The van der Waals surface area contributed by atoms with Gasteiger partial charge in [0, 0.05) is 13.1 Å². The minimum absolute atomic E-state index is 0.251. The highest BCUT2D eigenvalue weighted by molar-refractivity contribution is 7.89. The van der Waals surface area contributed by atoms with Crippen LogP contribution in [-0.2, 0) is 23.0 Å². The zero-order valence-electron chi connectivity index (χ0n) is 10.8. The molecular weight excluding hydrogens is 277 g/mol. The molecule has 1 aliphatic rings. The van der Waals surface area contributed by atoms with E-state index in [4.69, 9.17) is 0 Å². The number of rotatable bonds is 2. The smallest absolute Gasteiger partial charge is 0.207 e. The zero-order chi connectivity index (χ0) is 14.2. The molecule has 1 aliphatic heterocycles. The highest BCUT2D eigenvalue weighted by Crippen LogP contribution is 2.25. The van der Waals surface area contributed by atoms with Gasteiger partial charge in [0.05, 0.1) is 0 Å². The number of sulfonamides is 1. The Morgan fingerprint density at radius 1 is 0.950 bits per heavy atom. The van der Waals surface area contributed by atoms with Crippen molar-refractivity contribution in [3.8, 4) is 0 Å². The van der Waals surface area contributed by atoms with Gasteiger partial charge < -0.3 is 0 Å². The van der Waals surface area contributed by atoms with Crippen LogP contribution < -0.4 is 0 Å². The van der Waals surface area contributed by atoms with Crippen LogP contribution in [0.15, 0.2) is 53.4 Å². The van der Waals surface area contributed by atoms with Crippen molar-refractivity contribution in [2.24, 2.45) is 0 Å². The molecule has 0 fully saturated rings. The van der Waals surface area contributed by atoms with Gasteiger partial charge in [0.2, 0.25) is 10.0 Å².